The van der Waals surface area contributed by atoms with Gasteiger partial charge in [0.1, 0.15) is 17.3 Å². The third-order valence-electron chi connectivity index (χ3n) is 4.47. The predicted molar refractivity (Wildman–Crippen MR) is 101 cm³/mol. The van der Waals surface area contributed by atoms with Gasteiger partial charge in [-0.3, -0.25) is 0 Å². The maximum Gasteiger partial charge on any atom is 0.416 e. The van der Waals surface area contributed by atoms with Crippen molar-refractivity contribution in [2.75, 3.05) is 5.73 Å². The van der Waals surface area contributed by atoms with E-state index in [1.807, 2.05) is 0 Å². The Kier molecular flexibility index (Phi) is 5.61. The van der Waals surface area contributed by atoms with Crippen molar-refractivity contribution in [2.45, 2.75) is 18.9 Å². The third kappa shape index (κ3) is 4.51. The van der Waals surface area contributed by atoms with Gasteiger partial charge in [-0.15, -0.1) is 0 Å². The lowest BCUT2D eigenvalue weighted by Gasteiger charge is -2.15. The predicted octanol–water partition coefficient (Wildman–Crippen LogP) is 4.70. The number of rotatable bonds is 4. The molecule has 0 unspecified atom stereocenters. The molecule has 166 valence electrons. The van der Waals surface area contributed by atoms with Crippen molar-refractivity contribution >= 4 is 28.8 Å². The highest BCUT2D eigenvalue weighted by molar-refractivity contribution is 6.02. The zero-order valence-electron chi connectivity index (χ0n) is 15.8. The zero-order chi connectivity index (χ0) is 23.8. The third-order valence-corrected chi connectivity index (χ3v) is 4.47. The second-order valence-electron chi connectivity index (χ2n) is 6.70. The van der Waals surface area contributed by atoms with Gasteiger partial charge in [-0.2, -0.15) is 31.6 Å². The molecule has 3 aromatic rings. The second-order valence-corrected chi connectivity index (χ2v) is 6.70. The SMILES string of the molecule is N#C/C(=C\c1cn(Cc2cc(C(F)(F)F)cc(C(F)(F)F)c2)c2nccc(N)c12)C(=O)O. The number of pyridine rings is 1. The number of hydrogen-bond acceptors (Lipinski definition) is 4. The Morgan fingerprint density at radius 2 is 1.75 bits per heavy atom. The van der Waals surface area contributed by atoms with E-state index in [4.69, 9.17) is 16.1 Å². The van der Waals surface area contributed by atoms with Crippen molar-refractivity contribution in [1.29, 1.82) is 5.26 Å². The molecule has 12 heteroatoms. The Labute approximate surface area is 175 Å². The Balaban J connectivity index is 2.20. The smallest absolute Gasteiger partial charge is 0.416 e. The Bertz CT molecular complexity index is 1250. The summed E-state index contributed by atoms with van der Waals surface area (Å²) < 4.78 is 80.1. The highest BCUT2D eigenvalue weighted by atomic mass is 19.4. The van der Waals surface area contributed by atoms with Crippen molar-refractivity contribution in [2.24, 2.45) is 0 Å². The fourth-order valence-corrected chi connectivity index (χ4v) is 3.11. The Hall–Kier alpha value is -4.01. The standard InChI is InChI=1S/C20H12F6N4O2/c21-19(22,23)13-3-10(4-14(6-13)20(24,25)26)8-30-9-12(5-11(7-27)18(31)32)16-15(28)1-2-29-17(16)30/h1-6,9H,8H2,(H2,28,29)(H,31,32)/b11-5+. The first-order chi connectivity index (χ1) is 14.8. The van der Waals surface area contributed by atoms with E-state index < -0.39 is 41.6 Å². The lowest BCUT2D eigenvalue weighted by Crippen LogP contribution is -2.12. The monoisotopic (exact) mass is 454 g/mol. The lowest BCUT2D eigenvalue weighted by molar-refractivity contribution is -0.143. The number of aromatic nitrogens is 2. The quantitative estimate of drug-likeness (QED) is 0.338. The van der Waals surface area contributed by atoms with Gasteiger partial charge >= 0.3 is 18.3 Å². The van der Waals surface area contributed by atoms with Crippen LogP contribution < -0.4 is 5.73 Å². The largest absolute Gasteiger partial charge is 0.477 e. The minimum Gasteiger partial charge on any atom is -0.477 e. The number of alkyl halides is 6. The summed E-state index contributed by atoms with van der Waals surface area (Å²) in [5.74, 6) is -1.52. The van der Waals surface area contributed by atoms with Crippen molar-refractivity contribution < 1.29 is 36.2 Å². The van der Waals surface area contributed by atoms with E-state index in [-0.39, 0.29) is 33.9 Å². The van der Waals surface area contributed by atoms with Gasteiger partial charge in [0.25, 0.3) is 0 Å². The van der Waals surface area contributed by atoms with Gasteiger partial charge in [-0.25, -0.2) is 9.78 Å². The molecule has 6 nitrogen and oxygen atoms in total. The first-order valence-corrected chi connectivity index (χ1v) is 8.68. The van der Waals surface area contributed by atoms with E-state index in [9.17, 15) is 31.1 Å². The average Bonchev–Trinajstić information content (AvgIpc) is 3.02. The summed E-state index contributed by atoms with van der Waals surface area (Å²) in [6.07, 6.45) is -6.49. The number of carbonyl (C=O) groups is 1. The molecule has 32 heavy (non-hydrogen) atoms. The number of fused-ring (bicyclic) bond motifs is 1. The molecule has 0 radical (unpaired) electrons. The Morgan fingerprint density at radius 1 is 1.16 bits per heavy atom. The summed E-state index contributed by atoms with van der Waals surface area (Å²) in [5.41, 5.74) is 2.34. The maximum atomic E-state index is 13.1. The van der Waals surface area contributed by atoms with Gasteiger partial charge < -0.3 is 15.4 Å². The van der Waals surface area contributed by atoms with E-state index in [2.05, 4.69) is 4.98 Å². The number of benzene rings is 1. The van der Waals surface area contributed by atoms with Gasteiger partial charge in [0.15, 0.2) is 0 Å². The minimum absolute atomic E-state index is 0.0216. The zero-order valence-corrected chi connectivity index (χ0v) is 15.8. The highest BCUT2D eigenvalue weighted by Crippen LogP contribution is 2.37. The van der Waals surface area contributed by atoms with Gasteiger partial charge in [0.05, 0.1) is 11.1 Å². The molecule has 1 aromatic carbocycles. The molecule has 0 spiro atoms. The number of carboxylic acids is 1. The summed E-state index contributed by atoms with van der Waals surface area (Å²) in [5, 5.41) is 18.3. The maximum absolute atomic E-state index is 13.1. The first kappa shape index (κ1) is 22.7. The number of nitrogen functional groups attached to an aromatic ring is 1. The van der Waals surface area contributed by atoms with Crippen molar-refractivity contribution in [1.82, 2.24) is 9.55 Å². The van der Waals surface area contributed by atoms with Crippen LogP contribution in [0.5, 0.6) is 0 Å². The lowest BCUT2D eigenvalue weighted by atomic mass is 10.0. The van der Waals surface area contributed by atoms with E-state index in [1.54, 1.807) is 0 Å². The molecule has 0 aliphatic rings. The topological polar surface area (TPSA) is 105 Å². The molecule has 0 saturated carbocycles. The molecule has 2 heterocycles. The molecule has 3 rings (SSSR count). The summed E-state index contributed by atoms with van der Waals surface area (Å²) in [6, 6.07) is 4.05. The number of halogens is 6. The molecule has 0 atom stereocenters. The number of anilines is 1. The molecule has 3 N–H and O–H groups in total. The summed E-state index contributed by atoms with van der Waals surface area (Å²) in [7, 11) is 0. The van der Waals surface area contributed by atoms with E-state index in [0.717, 1.165) is 6.08 Å². The van der Waals surface area contributed by atoms with Crippen LogP contribution in [0.3, 0.4) is 0 Å². The number of hydrogen-bond donors (Lipinski definition) is 2. The van der Waals surface area contributed by atoms with E-state index >= 15 is 0 Å². The number of nitrogens with two attached hydrogens (primary N) is 1. The molecule has 0 saturated heterocycles. The fraction of sp³-hybridized carbons (Fsp3) is 0.150. The normalized spacial score (nSPS) is 12.7. The average molecular weight is 454 g/mol. The minimum atomic E-state index is -5.01. The van der Waals surface area contributed by atoms with Gasteiger partial charge in [-0.05, 0) is 35.9 Å². The summed E-state index contributed by atoms with van der Waals surface area (Å²) in [6.45, 7) is -0.456. The van der Waals surface area contributed by atoms with Gasteiger partial charge in [-0.1, -0.05) is 0 Å². The van der Waals surface area contributed by atoms with Crippen LogP contribution in [0.25, 0.3) is 17.1 Å². The number of nitrogens with zero attached hydrogens (tertiary/aromatic N) is 3. The van der Waals surface area contributed by atoms with Crippen LogP contribution in [-0.2, 0) is 23.7 Å². The number of carboxylic acid groups (broad SMARTS) is 1. The molecular weight excluding hydrogens is 442 g/mol. The molecule has 2 aromatic heterocycles. The molecular formula is C20H12F6N4O2. The number of aliphatic carboxylic acids is 1. The van der Waals surface area contributed by atoms with Crippen LogP contribution in [0, 0.1) is 11.3 Å². The van der Waals surface area contributed by atoms with E-state index in [1.165, 1.54) is 29.1 Å². The molecule has 0 aliphatic heterocycles. The fourth-order valence-electron chi connectivity index (χ4n) is 3.11. The van der Waals surface area contributed by atoms with Crippen LogP contribution in [0.1, 0.15) is 22.3 Å². The molecule has 0 amide bonds. The number of nitriles is 1. The van der Waals surface area contributed by atoms with Crippen LogP contribution in [0.15, 0.2) is 42.2 Å². The molecule has 0 bridgehead atoms. The van der Waals surface area contributed by atoms with Crippen molar-refractivity contribution in [3.8, 4) is 6.07 Å². The van der Waals surface area contributed by atoms with Gasteiger partial charge in [0.2, 0.25) is 0 Å². The second kappa shape index (κ2) is 7.92. The summed E-state index contributed by atoms with van der Waals surface area (Å²) >= 11 is 0. The van der Waals surface area contributed by atoms with Crippen molar-refractivity contribution in [3.63, 3.8) is 0 Å². The molecule has 0 fully saturated rings. The summed E-state index contributed by atoms with van der Waals surface area (Å²) in [4.78, 5) is 15.2. The van der Waals surface area contributed by atoms with Crippen LogP contribution in [0.4, 0.5) is 32.0 Å². The van der Waals surface area contributed by atoms with Crippen molar-refractivity contribution in [3.05, 3.63) is 64.5 Å². The first-order valence-electron chi connectivity index (χ1n) is 8.68. The highest BCUT2D eigenvalue weighted by Gasteiger charge is 2.37. The molecule has 0 aliphatic carbocycles. The van der Waals surface area contributed by atoms with Crippen LogP contribution in [0.2, 0.25) is 0 Å². The Morgan fingerprint density at radius 3 is 2.25 bits per heavy atom. The van der Waals surface area contributed by atoms with Crippen LogP contribution in [-0.4, -0.2) is 20.6 Å². The van der Waals surface area contributed by atoms with Crippen LogP contribution >= 0.6 is 0 Å². The van der Waals surface area contributed by atoms with E-state index in [0.29, 0.717) is 12.1 Å². The van der Waals surface area contributed by atoms with Gasteiger partial charge in [0, 0.05) is 35.6 Å².